The first-order valence-electron chi connectivity index (χ1n) is 20.2. The van der Waals surface area contributed by atoms with E-state index in [0.29, 0.717) is 49.9 Å². The topological polar surface area (TPSA) is 204 Å². The number of rotatable bonds is 13. The molecule has 4 amide bonds. The number of nitrogens with one attached hydrogen (secondary N) is 2. The summed E-state index contributed by atoms with van der Waals surface area (Å²) >= 11 is 0. The van der Waals surface area contributed by atoms with Crippen molar-refractivity contribution in [3.05, 3.63) is 58.7 Å². The van der Waals surface area contributed by atoms with Crippen molar-refractivity contribution in [1.29, 1.82) is 0 Å². The van der Waals surface area contributed by atoms with Gasteiger partial charge in [0.2, 0.25) is 17.6 Å². The van der Waals surface area contributed by atoms with Gasteiger partial charge in [-0.05, 0) is 92.9 Å². The molecular formula is C43H52N4O12. The molecule has 1 spiro atoms. The van der Waals surface area contributed by atoms with Gasteiger partial charge < -0.3 is 39.4 Å². The van der Waals surface area contributed by atoms with Gasteiger partial charge in [-0.3, -0.25) is 19.2 Å². The summed E-state index contributed by atoms with van der Waals surface area (Å²) in [5, 5.41) is 4.83. The normalized spacial score (nSPS) is 20.0. The zero-order valence-electron chi connectivity index (χ0n) is 34.0. The third kappa shape index (κ3) is 9.42. The van der Waals surface area contributed by atoms with Crippen LogP contribution in [-0.4, -0.2) is 122 Å². The minimum atomic E-state index is -0.912. The van der Waals surface area contributed by atoms with E-state index in [1.165, 1.54) is 37.9 Å². The predicted molar refractivity (Wildman–Crippen MR) is 210 cm³/mol. The number of Topliss-reactive ketones (excluding diaryl/α,β-unsaturated/α-hetero) is 2. The molecule has 2 aliphatic heterocycles. The maximum absolute atomic E-state index is 13.8. The highest BCUT2D eigenvalue weighted by molar-refractivity contribution is 6.02. The first-order chi connectivity index (χ1) is 28.3. The van der Waals surface area contributed by atoms with Gasteiger partial charge in [-0.2, -0.15) is 0 Å². The Balaban J connectivity index is 1.10. The third-order valence-electron chi connectivity index (χ3n) is 12.1. The average molecular weight is 817 g/mol. The molecule has 2 aromatic carbocycles. The molecule has 16 heteroatoms. The van der Waals surface area contributed by atoms with Crippen molar-refractivity contribution in [2.24, 2.45) is 5.41 Å². The molecular weight excluding hydrogens is 764 g/mol. The average Bonchev–Trinajstić information content (AvgIpc) is 4.08. The van der Waals surface area contributed by atoms with Gasteiger partial charge >= 0.3 is 24.1 Å². The number of amides is 4. The van der Waals surface area contributed by atoms with Crippen molar-refractivity contribution in [1.82, 2.24) is 20.4 Å². The van der Waals surface area contributed by atoms with Crippen LogP contribution in [0.1, 0.15) is 97.1 Å². The fourth-order valence-electron chi connectivity index (χ4n) is 9.03. The van der Waals surface area contributed by atoms with E-state index in [1.807, 2.05) is 18.2 Å². The van der Waals surface area contributed by atoms with Crippen molar-refractivity contribution >= 4 is 47.5 Å². The third-order valence-corrected chi connectivity index (χ3v) is 12.1. The van der Waals surface area contributed by atoms with Crippen molar-refractivity contribution in [3.63, 3.8) is 0 Å². The molecule has 59 heavy (non-hydrogen) atoms. The van der Waals surface area contributed by atoms with Crippen LogP contribution in [0, 0.1) is 5.41 Å². The molecule has 2 aromatic rings. The maximum Gasteiger partial charge on any atom is 0.407 e. The van der Waals surface area contributed by atoms with Crippen LogP contribution in [0.4, 0.5) is 9.59 Å². The lowest BCUT2D eigenvalue weighted by atomic mass is 9.82. The number of hydrogen-bond donors (Lipinski definition) is 2. The molecule has 3 fully saturated rings. The SMILES string of the molecule is COC(=O)N[C@@H](C)C(=O)N1CCC[C@H]1C(=O)OCC(=O)c1ccc(-c2ccc(C(=O)COC(=O)[C@@H]3CCCN3C(=O)[C@H](C)NC(=O)OC)c3c2CC2(CCCC2)C3)cc1. The maximum atomic E-state index is 13.8. The summed E-state index contributed by atoms with van der Waals surface area (Å²) in [6.07, 6.45) is 6.20. The number of ketones is 2. The zero-order chi connectivity index (χ0) is 42.4. The predicted octanol–water partition coefficient (Wildman–Crippen LogP) is 3.94. The zero-order valence-corrected chi connectivity index (χ0v) is 34.0. The van der Waals surface area contributed by atoms with Gasteiger partial charge in [-0.15, -0.1) is 0 Å². The lowest BCUT2D eigenvalue weighted by Crippen LogP contribution is -2.50. The number of methoxy groups -OCH3 is 2. The number of nitrogens with zero attached hydrogens (tertiary/aromatic N) is 2. The quantitative estimate of drug-likeness (QED) is 0.168. The van der Waals surface area contributed by atoms with E-state index in [0.717, 1.165) is 60.8 Å². The van der Waals surface area contributed by atoms with E-state index >= 15 is 0 Å². The molecule has 4 aliphatic rings. The van der Waals surface area contributed by atoms with Crippen LogP contribution in [0.2, 0.25) is 0 Å². The number of benzene rings is 2. The fraction of sp³-hybridized carbons (Fsp3) is 0.535. The first kappa shape index (κ1) is 42.8. The molecule has 4 atom stereocenters. The van der Waals surface area contributed by atoms with Gasteiger partial charge in [0.1, 0.15) is 24.2 Å². The minimum Gasteiger partial charge on any atom is -0.456 e. The Hall–Kier alpha value is -5.80. The molecule has 2 N–H and O–H groups in total. The van der Waals surface area contributed by atoms with E-state index in [-0.39, 0.29) is 11.2 Å². The lowest BCUT2D eigenvalue weighted by Gasteiger charge is -2.26. The van der Waals surface area contributed by atoms with Crippen molar-refractivity contribution in [2.75, 3.05) is 40.5 Å². The van der Waals surface area contributed by atoms with Crippen LogP contribution in [0.5, 0.6) is 0 Å². The number of ether oxygens (including phenoxy) is 4. The van der Waals surface area contributed by atoms with Crippen LogP contribution < -0.4 is 10.6 Å². The van der Waals surface area contributed by atoms with Crippen LogP contribution in [0.15, 0.2) is 36.4 Å². The highest BCUT2D eigenvalue weighted by Crippen LogP contribution is 2.51. The van der Waals surface area contributed by atoms with E-state index < -0.39 is 79.1 Å². The molecule has 6 rings (SSSR count). The summed E-state index contributed by atoms with van der Waals surface area (Å²) in [7, 11) is 2.38. The summed E-state index contributed by atoms with van der Waals surface area (Å²) in [6, 6.07) is 7.11. The standard InChI is InChI=1S/C43H52N4O12/c1-25(44-41(54)56-3)37(50)46-19-7-9-33(46)39(52)58-23-35(48)28-13-11-27(12-14-28)29-15-16-30(32-22-43(21-31(29)32)17-5-6-18-43)36(49)24-59-40(53)34-10-8-20-47(34)38(51)26(2)45-42(55)57-4/h11-16,25-26,33-34H,5-10,17-24H2,1-4H3,(H,44,54)(H,45,55)/t25-,26-,33-,34-/m0/s1. The molecule has 1 saturated carbocycles. The molecule has 2 aliphatic carbocycles. The number of likely N-dealkylation sites (tertiary alicyclic amines) is 2. The molecule has 0 bridgehead atoms. The lowest BCUT2D eigenvalue weighted by molar-refractivity contribution is -0.153. The minimum absolute atomic E-state index is 0.0406. The second kappa shape index (κ2) is 18.4. The van der Waals surface area contributed by atoms with E-state index in [1.54, 1.807) is 18.2 Å². The number of carbonyl (C=O) groups excluding carboxylic acids is 8. The monoisotopic (exact) mass is 816 g/mol. The molecule has 316 valence electrons. The number of carbonyl (C=O) groups is 8. The number of alkyl carbamates (subject to hydrolysis) is 2. The molecule has 16 nitrogen and oxygen atoms in total. The van der Waals surface area contributed by atoms with Crippen molar-refractivity contribution < 1.29 is 57.3 Å². The van der Waals surface area contributed by atoms with Gasteiger partial charge in [-0.1, -0.05) is 49.2 Å². The van der Waals surface area contributed by atoms with Gasteiger partial charge in [0.05, 0.1) is 14.2 Å². The largest absolute Gasteiger partial charge is 0.456 e. The summed E-state index contributed by atoms with van der Waals surface area (Å²) < 4.78 is 20.1. The van der Waals surface area contributed by atoms with E-state index in [2.05, 4.69) is 20.1 Å². The van der Waals surface area contributed by atoms with Crippen LogP contribution in [0.25, 0.3) is 11.1 Å². The number of esters is 2. The summed E-state index contributed by atoms with van der Waals surface area (Å²) in [5.74, 6) is -3.00. The summed E-state index contributed by atoms with van der Waals surface area (Å²) in [4.78, 5) is 105. The first-order valence-corrected chi connectivity index (χ1v) is 20.2. The fourth-order valence-corrected chi connectivity index (χ4v) is 9.03. The second-order valence-electron chi connectivity index (χ2n) is 15.9. The molecule has 0 aromatic heterocycles. The van der Waals surface area contributed by atoms with Gasteiger partial charge in [0.15, 0.2) is 19.0 Å². The summed E-state index contributed by atoms with van der Waals surface area (Å²) in [6.45, 7) is 2.66. The highest BCUT2D eigenvalue weighted by Gasteiger charge is 2.43. The Morgan fingerprint density at radius 2 is 1.15 bits per heavy atom. The molecule has 0 radical (unpaired) electrons. The van der Waals surface area contributed by atoms with Crippen LogP contribution in [-0.2, 0) is 51.0 Å². The Kier molecular flexibility index (Phi) is 13.4. The number of hydrogen-bond acceptors (Lipinski definition) is 12. The van der Waals surface area contributed by atoms with Crippen LogP contribution in [0.3, 0.4) is 0 Å². The highest BCUT2D eigenvalue weighted by atomic mass is 16.6. The molecule has 2 saturated heterocycles. The number of fused-ring (bicyclic) bond motifs is 1. The van der Waals surface area contributed by atoms with E-state index in [9.17, 15) is 38.4 Å². The Morgan fingerprint density at radius 3 is 1.66 bits per heavy atom. The second-order valence-corrected chi connectivity index (χ2v) is 15.9. The van der Waals surface area contributed by atoms with Crippen molar-refractivity contribution in [3.8, 4) is 11.1 Å². The summed E-state index contributed by atoms with van der Waals surface area (Å²) in [5.41, 5.74) is 4.67. The Bertz CT molecular complexity index is 1990. The van der Waals surface area contributed by atoms with Crippen molar-refractivity contribution in [2.45, 2.75) is 102 Å². The Morgan fingerprint density at radius 1 is 0.661 bits per heavy atom. The molecule has 0 unspecified atom stereocenters. The van der Waals surface area contributed by atoms with Crippen LogP contribution >= 0.6 is 0 Å². The van der Waals surface area contributed by atoms with Gasteiger partial charge in [0, 0.05) is 24.2 Å². The smallest absolute Gasteiger partial charge is 0.407 e. The van der Waals surface area contributed by atoms with Gasteiger partial charge in [0.25, 0.3) is 0 Å². The van der Waals surface area contributed by atoms with E-state index in [4.69, 9.17) is 9.47 Å². The Labute approximate surface area is 342 Å². The molecule has 2 heterocycles. The van der Waals surface area contributed by atoms with Gasteiger partial charge in [-0.25, -0.2) is 19.2 Å².